The lowest BCUT2D eigenvalue weighted by Crippen LogP contribution is -2.17. The van der Waals surface area contributed by atoms with Gasteiger partial charge in [-0.05, 0) is 76.4 Å². The molecule has 6 heteroatoms. The van der Waals surface area contributed by atoms with Crippen LogP contribution < -0.4 is 5.32 Å². The number of nitrogens with zero attached hydrogens (tertiary/aromatic N) is 3. The number of nitrogens with one attached hydrogen (secondary N) is 1. The summed E-state index contributed by atoms with van der Waals surface area (Å²) in [6.07, 6.45) is 12.1. The Morgan fingerprint density at radius 3 is 2.38 bits per heavy atom. The normalized spacial score (nSPS) is 17.0. The number of fused-ring (bicyclic) bond motifs is 1. The number of anilines is 1. The Morgan fingerprint density at radius 1 is 0.850 bits per heavy atom. The highest BCUT2D eigenvalue weighted by Gasteiger charge is 2.26. The Morgan fingerprint density at radius 2 is 1.62 bits per heavy atom. The van der Waals surface area contributed by atoms with Gasteiger partial charge < -0.3 is 5.32 Å². The van der Waals surface area contributed by atoms with Crippen LogP contribution in [-0.2, 0) is 6.54 Å². The van der Waals surface area contributed by atoms with Gasteiger partial charge in [0.15, 0.2) is 5.78 Å². The topological polar surface area (TPSA) is 67.8 Å². The van der Waals surface area contributed by atoms with Gasteiger partial charge in [-0.2, -0.15) is 0 Å². The van der Waals surface area contributed by atoms with Crippen molar-refractivity contribution >= 4 is 38.3 Å². The third kappa shape index (κ3) is 5.97. The number of benzene rings is 2. The van der Waals surface area contributed by atoms with Crippen molar-refractivity contribution in [1.29, 1.82) is 0 Å². The zero-order valence-corrected chi connectivity index (χ0v) is 23.8. The first-order valence-electron chi connectivity index (χ1n) is 13.9. The summed E-state index contributed by atoms with van der Waals surface area (Å²) in [4.78, 5) is 26.8. The van der Waals surface area contributed by atoms with E-state index in [0.29, 0.717) is 24.8 Å². The standard InChI is InChI=1S/C34H31BrN4O/c35-30-22-37-21-29-32(38-20-24-5-4-16-36-19-24)18-31(39-34(29)30)27-10-8-23(9-11-27)17-33(40)28-14-12-26(13-15-28)25-6-2-1-3-7-25/h1-7,12-16,18-19,21-23,27H,8-11,17,20H2,(H,38,39). The number of halogens is 1. The fourth-order valence-corrected chi connectivity index (χ4v) is 6.12. The van der Waals surface area contributed by atoms with E-state index in [1.165, 1.54) is 5.56 Å². The molecule has 0 atom stereocenters. The van der Waals surface area contributed by atoms with Crippen molar-refractivity contribution in [1.82, 2.24) is 15.0 Å². The second-order valence-electron chi connectivity index (χ2n) is 10.6. The second kappa shape index (κ2) is 12.1. The van der Waals surface area contributed by atoms with E-state index in [0.717, 1.165) is 69.1 Å². The van der Waals surface area contributed by atoms with Crippen molar-refractivity contribution < 1.29 is 4.79 Å². The molecule has 0 bridgehead atoms. The molecule has 1 aliphatic carbocycles. The summed E-state index contributed by atoms with van der Waals surface area (Å²) in [5.74, 6) is 1.03. The quantitative estimate of drug-likeness (QED) is 0.183. The summed E-state index contributed by atoms with van der Waals surface area (Å²) in [7, 11) is 0. The van der Waals surface area contributed by atoms with Crippen LogP contribution in [0.15, 0.2) is 102 Å². The summed E-state index contributed by atoms with van der Waals surface area (Å²) in [6, 6.07) is 24.5. The van der Waals surface area contributed by atoms with E-state index in [1.807, 2.05) is 48.8 Å². The van der Waals surface area contributed by atoms with Crippen molar-refractivity contribution in [3.63, 3.8) is 0 Å². The molecule has 0 unspecified atom stereocenters. The number of hydrogen-bond donors (Lipinski definition) is 1. The molecule has 200 valence electrons. The van der Waals surface area contributed by atoms with Gasteiger partial charge in [0.25, 0.3) is 0 Å². The minimum atomic E-state index is 0.241. The highest BCUT2D eigenvalue weighted by molar-refractivity contribution is 9.10. The van der Waals surface area contributed by atoms with E-state index in [2.05, 4.69) is 67.6 Å². The number of carbonyl (C=O) groups excluding carboxylic acids is 1. The third-order valence-corrected chi connectivity index (χ3v) is 8.54. The SMILES string of the molecule is O=C(CC1CCC(c2cc(NCc3cccnc3)c3cncc(Br)c3n2)CC1)c1ccc(-c2ccccc2)cc1. The molecule has 1 fully saturated rings. The number of pyridine rings is 3. The molecule has 0 amide bonds. The lowest BCUT2D eigenvalue weighted by molar-refractivity contribution is 0.0947. The lowest BCUT2D eigenvalue weighted by Gasteiger charge is -2.28. The molecule has 40 heavy (non-hydrogen) atoms. The number of carbonyl (C=O) groups is 1. The minimum Gasteiger partial charge on any atom is -0.380 e. The minimum absolute atomic E-state index is 0.241. The van der Waals surface area contributed by atoms with Crippen LogP contribution in [0, 0.1) is 5.92 Å². The van der Waals surface area contributed by atoms with Crippen LogP contribution in [0.3, 0.4) is 0 Å². The van der Waals surface area contributed by atoms with Crippen LogP contribution in [0.25, 0.3) is 22.0 Å². The summed E-state index contributed by atoms with van der Waals surface area (Å²) in [5.41, 5.74) is 7.30. The molecule has 2 aromatic carbocycles. The predicted octanol–water partition coefficient (Wildman–Crippen LogP) is 8.61. The molecule has 6 rings (SSSR count). The van der Waals surface area contributed by atoms with Crippen molar-refractivity contribution in [2.45, 2.75) is 44.6 Å². The maximum Gasteiger partial charge on any atom is 0.163 e. The van der Waals surface area contributed by atoms with Crippen LogP contribution in [-0.4, -0.2) is 20.7 Å². The number of hydrogen-bond acceptors (Lipinski definition) is 5. The summed E-state index contributed by atoms with van der Waals surface area (Å²) in [6.45, 7) is 0.681. The first-order chi connectivity index (χ1) is 19.6. The molecule has 0 saturated heterocycles. The van der Waals surface area contributed by atoms with Crippen LogP contribution in [0.1, 0.15) is 59.6 Å². The maximum absolute atomic E-state index is 13.1. The van der Waals surface area contributed by atoms with E-state index < -0.39 is 0 Å². The van der Waals surface area contributed by atoms with Gasteiger partial charge in [0.05, 0.1) is 9.99 Å². The zero-order valence-electron chi connectivity index (χ0n) is 22.3. The predicted molar refractivity (Wildman–Crippen MR) is 164 cm³/mol. The van der Waals surface area contributed by atoms with E-state index >= 15 is 0 Å². The average molecular weight is 592 g/mol. The van der Waals surface area contributed by atoms with Gasteiger partial charge in [0, 0.05) is 66.0 Å². The maximum atomic E-state index is 13.1. The third-order valence-electron chi connectivity index (χ3n) is 7.96. The van der Waals surface area contributed by atoms with Crippen molar-refractivity contribution in [3.8, 4) is 11.1 Å². The molecule has 0 spiro atoms. The van der Waals surface area contributed by atoms with Gasteiger partial charge >= 0.3 is 0 Å². The van der Waals surface area contributed by atoms with Gasteiger partial charge in [-0.1, -0.05) is 60.7 Å². The van der Waals surface area contributed by atoms with Crippen molar-refractivity contribution in [2.24, 2.45) is 5.92 Å². The van der Waals surface area contributed by atoms with Gasteiger partial charge in [-0.25, -0.2) is 0 Å². The van der Waals surface area contributed by atoms with Gasteiger partial charge in [-0.3, -0.25) is 19.7 Å². The Hall–Kier alpha value is -3.90. The Balaban J connectivity index is 1.12. The van der Waals surface area contributed by atoms with E-state index in [4.69, 9.17) is 4.98 Å². The number of rotatable bonds is 8. The van der Waals surface area contributed by atoms with Gasteiger partial charge in [0.1, 0.15) is 0 Å². The van der Waals surface area contributed by atoms with E-state index in [9.17, 15) is 4.79 Å². The Labute approximate surface area is 243 Å². The monoisotopic (exact) mass is 590 g/mol. The molecular formula is C34H31BrN4O. The fraction of sp³-hybridized carbons (Fsp3) is 0.235. The summed E-state index contributed by atoms with van der Waals surface area (Å²) >= 11 is 3.66. The largest absolute Gasteiger partial charge is 0.380 e. The van der Waals surface area contributed by atoms with Gasteiger partial charge in [0.2, 0.25) is 0 Å². The lowest BCUT2D eigenvalue weighted by atomic mass is 9.78. The molecule has 1 aliphatic rings. The van der Waals surface area contributed by atoms with Crippen LogP contribution in [0.2, 0.25) is 0 Å². The van der Waals surface area contributed by atoms with Crippen molar-refractivity contribution in [2.75, 3.05) is 5.32 Å². The molecule has 1 saturated carbocycles. The zero-order chi connectivity index (χ0) is 27.3. The van der Waals surface area contributed by atoms with E-state index in [1.54, 1.807) is 12.4 Å². The van der Waals surface area contributed by atoms with Crippen LogP contribution in [0.5, 0.6) is 0 Å². The highest BCUT2D eigenvalue weighted by atomic mass is 79.9. The van der Waals surface area contributed by atoms with Crippen LogP contribution >= 0.6 is 15.9 Å². The molecule has 0 aliphatic heterocycles. The number of ketones is 1. The average Bonchev–Trinajstić information content (AvgIpc) is 3.01. The fourth-order valence-electron chi connectivity index (χ4n) is 5.70. The molecule has 0 radical (unpaired) electrons. The number of aromatic nitrogens is 3. The molecule has 3 aromatic heterocycles. The Bertz CT molecular complexity index is 1600. The first kappa shape index (κ1) is 26.3. The summed E-state index contributed by atoms with van der Waals surface area (Å²) in [5, 5.41) is 4.59. The highest BCUT2D eigenvalue weighted by Crippen LogP contribution is 2.39. The van der Waals surface area contributed by atoms with Gasteiger partial charge in [-0.15, -0.1) is 0 Å². The summed E-state index contributed by atoms with van der Waals surface area (Å²) < 4.78 is 0.897. The second-order valence-corrected chi connectivity index (χ2v) is 11.5. The smallest absolute Gasteiger partial charge is 0.163 e. The molecule has 1 N–H and O–H groups in total. The van der Waals surface area contributed by atoms with Crippen LogP contribution in [0.4, 0.5) is 5.69 Å². The molecule has 3 heterocycles. The van der Waals surface area contributed by atoms with Crippen molar-refractivity contribution in [3.05, 3.63) is 119 Å². The Kier molecular flexibility index (Phi) is 7.96. The number of Topliss-reactive ketones (excluding diaryl/α,β-unsaturated/α-hetero) is 1. The van der Waals surface area contributed by atoms with E-state index in [-0.39, 0.29) is 5.78 Å². The first-order valence-corrected chi connectivity index (χ1v) is 14.7. The molecular weight excluding hydrogens is 560 g/mol. The molecule has 5 aromatic rings. The molecule has 5 nitrogen and oxygen atoms in total.